The number of hydrogen-bond acceptors (Lipinski definition) is 2. The molecule has 0 N–H and O–H groups in total. The molecule has 0 spiro atoms. The molecule has 0 aliphatic heterocycles. The first kappa shape index (κ1) is 16.9. The summed E-state index contributed by atoms with van der Waals surface area (Å²) in [4.78, 5) is 10.8. The maximum atomic E-state index is 10.8. The van der Waals surface area contributed by atoms with Gasteiger partial charge in [0.25, 0.3) is 0 Å². The van der Waals surface area contributed by atoms with Gasteiger partial charge in [-0.2, -0.15) is 6.42 Å². The fourth-order valence-corrected chi connectivity index (χ4v) is 0.992. The van der Waals surface area contributed by atoms with Crippen LogP contribution in [0.1, 0.15) is 46.0 Å². The second kappa shape index (κ2) is 15.9. The van der Waals surface area contributed by atoms with Gasteiger partial charge in [0.15, 0.2) is 5.97 Å². The molecule has 2 nitrogen and oxygen atoms in total. The van der Waals surface area contributed by atoms with Crippen LogP contribution in [0.25, 0.3) is 0 Å². The van der Waals surface area contributed by atoms with Gasteiger partial charge in [-0.15, -0.1) is 0 Å². The van der Waals surface area contributed by atoms with Crippen molar-refractivity contribution in [3.05, 3.63) is 6.42 Å². The molecule has 14 heavy (non-hydrogen) atoms. The van der Waals surface area contributed by atoms with E-state index in [0.29, 0.717) is 6.61 Å². The van der Waals surface area contributed by atoms with Gasteiger partial charge in [-0.1, -0.05) is 32.6 Å². The third-order valence-electron chi connectivity index (χ3n) is 1.66. The van der Waals surface area contributed by atoms with Crippen LogP contribution in [0.15, 0.2) is 0 Å². The third-order valence-corrected chi connectivity index (χ3v) is 1.66. The molecule has 0 radical (unpaired) electrons. The van der Waals surface area contributed by atoms with Crippen LogP contribution in [0, 0.1) is 6.42 Å². The summed E-state index contributed by atoms with van der Waals surface area (Å²) < 4.78 is 4.75. The van der Waals surface area contributed by atoms with Crippen LogP contribution < -0.4 is 0 Å². The number of carbonyl (C=O) groups is 1. The first-order valence-corrected chi connectivity index (χ1v) is 12.0. The van der Waals surface area contributed by atoms with Crippen LogP contribution in [0.4, 0.5) is 0 Å². The van der Waals surface area contributed by atoms with Gasteiger partial charge < -0.3 is 4.74 Å². The van der Waals surface area contributed by atoms with Crippen molar-refractivity contribution in [2.75, 3.05) is 6.61 Å². The van der Waals surface area contributed by atoms with E-state index in [-0.39, 0.29) is 5.97 Å². The SMILES string of the molecule is CCCCCC[CH-]C(=O)OCC.[Zn+][Br]. The van der Waals surface area contributed by atoms with Crippen molar-refractivity contribution in [1.29, 1.82) is 0 Å². The average molecular weight is 317 g/mol. The summed E-state index contributed by atoms with van der Waals surface area (Å²) in [6.07, 6.45) is 7.31. The van der Waals surface area contributed by atoms with Gasteiger partial charge in [0.2, 0.25) is 0 Å². The number of carbonyl (C=O) groups excluding carboxylic acids is 1. The van der Waals surface area contributed by atoms with E-state index < -0.39 is 0 Å². The van der Waals surface area contributed by atoms with Crippen molar-refractivity contribution in [3.8, 4) is 0 Å². The Morgan fingerprint density at radius 2 is 1.93 bits per heavy atom. The summed E-state index contributed by atoms with van der Waals surface area (Å²) >= 11 is 4.25. The summed E-state index contributed by atoms with van der Waals surface area (Å²) in [5.41, 5.74) is 0. The quantitative estimate of drug-likeness (QED) is 0.311. The van der Waals surface area contributed by atoms with Crippen molar-refractivity contribution >= 4 is 19.6 Å². The summed E-state index contributed by atoms with van der Waals surface area (Å²) in [7, 11) is 0. The molecular formula is C10H19BrO2Zn. The minimum atomic E-state index is -0.172. The number of esters is 1. The van der Waals surface area contributed by atoms with E-state index in [0.717, 1.165) is 12.8 Å². The van der Waals surface area contributed by atoms with E-state index in [2.05, 4.69) is 20.5 Å². The molecular weight excluding hydrogens is 297 g/mol. The van der Waals surface area contributed by atoms with Gasteiger partial charge in [0.05, 0.1) is 6.61 Å². The van der Waals surface area contributed by atoms with E-state index in [1.165, 1.54) is 35.6 Å². The molecule has 0 aromatic heterocycles. The summed E-state index contributed by atoms with van der Waals surface area (Å²) in [5, 5.41) is 0. The van der Waals surface area contributed by atoms with Crippen molar-refractivity contribution in [3.63, 3.8) is 0 Å². The van der Waals surface area contributed by atoms with Gasteiger partial charge >= 0.3 is 30.0 Å². The topological polar surface area (TPSA) is 26.3 Å². The van der Waals surface area contributed by atoms with Crippen molar-refractivity contribution < 1.29 is 25.9 Å². The van der Waals surface area contributed by atoms with Crippen LogP contribution in [-0.2, 0) is 25.9 Å². The Kier molecular flexibility index (Phi) is 19.1. The van der Waals surface area contributed by atoms with Crippen molar-refractivity contribution in [2.24, 2.45) is 0 Å². The number of rotatable bonds is 7. The van der Waals surface area contributed by atoms with E-state index in [9.17, 15) is 4.79 Å². The number of ether oxygens (including phenoxy) is 1. The van der Waals surface area contributed by atoms with E-state index in [1.807, 2.05) is 6.92 Å². The Balaban J connectivity index is 0. The zero-order valence-corrected chi connectivity index (χ0v) is 13.8. The molecule has 0 aromatic rings. The molecule has 0 heterocycles. The van der Waals surface area contributed by atoms with Gasteiger partial charge in [-0.25, -0.2) is 0 Å². The standard InChI is InChI=1S/C10H19O2.BrH.Zn/c1-3-5-6-7-8-9-10(11)12-4-2;;/h9H,3-8H2,1-2H3;1H;/q-1;;+2/p-1. The molecule has 0 aliphatic carbocycles. The fraction of sp³-hybridized carbons (Fsp3) is 0.800. The Labute approximate surface area is 104 Å². The zero-order chi connectivity index (χ0) is 11.2. The van der Waals surface area contributed by atoms with E-state index in [1.54, 1.807) is 6.42 Å². The molecule has 0 rings (SSSR count). The minimum absolute atomic E-state index is 0.172. The molecule has 0 saturated carbocycles. The first-order valence-electron chi connectivity index (χ1n) is 5.08. The molecule has 0 amide bonds. The van der Waals surface area contributed by atoms with E-state index in [4.69, 9.17) is 4.74 Å². The van der Waals surface area contributed by atoms with Gasteiger partial charge in [0, 0.05) is 0 Å². The summed E-state index contributed by atoms with van der Waals surface area (Å²) in [6.45, 7) is 4.47. The third kappa shape index (κ3) is 14.9. The molecule has 0 fully saturated rings. The number of hydrogen-bond donors (Lipinski definition) is 0. The molecule has 0 aromatic carbocycles. The van der Waals surface area contributed by atoms with Gasteiger partial charge in [-0.3, -0.25) is 11.2 Å². The number of halogens is 1. The molecule has 0 saturated heterocycles. The van der Waals surface area contributed by atoms with E-state index >= 15 is 0 Å². The Hall–Kier alpha value is 0.443. The normalized spacial score (nSPS) is 8.64. The second-order valence-electron chi connectivity index (χ2n) is 2.81. The Morgan fingerprint density at radius 1 is 1.29 bits per heavy atom. The predicted octanol–water partition coefficient (Wildman–Crippen LogP) is 3.57. The summed E-state index contributed by atoms with van der Waals surface area (Å²) in [6, 6.07) is 0. The first-order chi connectivity index (χ1) is 6.81. The Morgan fingerprint density at radius 3 is 2.43 bits per heavy atom. The van der Waals surface area contributed by atoms with Crippen LogP contribution >= 0.6 is 13.6 Å². The average Bonchev–Trinajstić information content (AvgIpc) is 2.21. The maximum absolute atomic E-state index is 10.8. The second-order valence-corrected chi connectivity index (χ2v) is 2.81. The molecule has 0 unspecified atom stereocenters. The molecule has 0 bridgehead atoms. The summed E-state index contributed by atoms with van der Waals surface area (Å²) in [5.74, 6) is -0.172. The van der Waals surface area contributed by atoms with Crippen LogP contribution in [0.3, 0.4) is 0 Å². The van der Waals surface area contributed by atoms with Crippen molar-refractivity contribution in [1.82, 2.24) is 0 Å². The number of unbranched alkanes of at least 4 members (excludes halogenated alkanes) is 4. The van der Waals surface area contributed by atoms with Crippen LogP contribution in [0.2, 0.25) is 0 Å². The van der Waals surface area contributed by atoms with Gasteiger partial charge in [-0.05, 0) is 6.92 Å². The van der Waals surface area contributed by atoms with Crippen LogP contribution in [-0.4, -0.2) is 12.6 Å². The van der Waals surface area contributed by atoms with Crippen molar-refractivity contribution in [2.45, 2.75) is 46.0 Å². The Bertz CT molecular complexity index is 121. The molecule has 4 heteroatoms. The zero-order valence-electron chi connectivity index (χ0n) is 9.22. The monoisotopic (exact) mass is 314 g/mol. The molecule has 0 atom stereocenters. The molecule has 0 aliphatic rings. The van der Waals surface area contributed by atoms with Crippen LogP contribution in [0.5, 0.6) is 0 Å². The predicted molar refractivity (Wildman–Crippen MR) is 58.6 cm³/mol. The fourth-order valence-electron chi connectivity index (χ4n) is 0.992. The molecule has 80 valence electrons. The van der Waals surface area contributed by atoms with Gasteiger partial charge in [0.1, 0.15) is 0 Å².